The van der Waals surface area contributed by atoms with E-state index in [1.54, 1.807) is 44.2 Å². The zero-order chi connectivity index (χ0) is 50.2. The highest BCUT2D eigenvalue weighted by Gasteiger charge is 2.36. The Morgan fingerprint density at radius 2 is 1.12 bits per heavy atom. The number of nitrogens with one attached hydrogen (secondary N) is 9. The molecular formula is C43H73N13O11. The maximum absolute atomic E-state index is 14.2. The van der Waals surface area contributed by atoms with E-state index in [4.69, 9.17) is 22.9 Å². The Bertz CT molecular complexity index is 1800. The minimum absolute atomic E-state index is 0.0735. The molecule has 1 saturated heterocycles. The molecule has 1 aromatic rings. The number of benzene rings is 1. The lowest BCUT2D eigenvalue weighted by atomic mass is 10.00. The van der Waals surface area contributed by atoms with Gasteiger partial charge in [-0.3, -0.25) is 43.2 Å². The van der Waals surface area contributed by atoms with Gasteiger partial charge in [-0.25, -0.2) is 0 Å². The maximum Gasteiger partial charge on any atom is 0.245 e. The van der Waals surface area contributed by atoms with Crippen molar-refractivity contribution in [2.24, 2.45) is 28.9 Å². The molecule has 19 N–H and O–H groups in total. The van der Waals surface area contributed by atoms with Gasteiger partial charge in [-0.1, -0.05) is 44.2 Å². The third-order valence-corrected chi connectivity index (χ3v) is 10.5. The van der Waals surface area contributed by atoms with Gasteiger partial charge in [0.25, 0.3) is 0 Å². The van der Waals surface area contributed by atoms with Gasteiger partial charge in [0, 0.05) is 13.0 Å². The lowest BCUT2D eigenvalue weighted by molar-refractivity contribution is -0.136. The summed E-state index contributed by atoms with van der Waals surface area (Å²) >= 11 is 0. The highest BCUT2D eigenvalue weighted by Crippen LogP contribution is 2.11. The van der Waals surface area contributed by atoms with E-state index in [2.05, 4.69) is 47.9 Å². The molecule has 24 nitrogen and oxygen atoms in total. The van der Waals surface area contributed by atoms with E-state index in [1.807, 2.05) is 0 Å². The molecule has 0 aliphatic carbocycles. The summed E-state index contributed by atoms with van der Waals surface area (Å²) in [6, 6.07) is -2.47. The van der Waals surface area contributed by atoms with Crippen LogP contribution in [0.5, 0.6) is 0 Å². The van der Waals surface area contributed by atoms with Gasteiger partial charge in [-0.2, -0.15) is 0 Å². The molecule has 24 heteroatoms. The first kappa shape index (κ1) is 57.3. The third-order valence-electron chi connectivity index (χ3n) is 10.5. The van der Waals surface area contributed by atoms with E-state index in [1.165, 1.54) is 13.8 Å². The summed E-state index contributed by atoms with van der Waals surface area (Å²) in [6.07, 6.45) is -3.72. The van der Waals surface area contributed by atoms with Crippen molar-refractivity contribution in [3.8, 4) is 0 Å². The number of carbonyl (C=O) groups is 9. The number of carbonyl (C=O) groups excluding carboxylic acids is 9. The molecule has 1 aliphatic rings. The molecule has 9 amide bonds. The fourth-order valence-electron chi connectivity index (χ4n) is 7.04. The van der Waals surface area contributed by atoms with Crippen LogP contribution in [0.3, 0.4) is 0 Å². The monoisotopic (exact) mass is 948 g/mol. The minimum Gasteiger partial charge on any atom is -0.393 e. The lowest BCUT2D eigenvalue weighted by Gasteiger charge is -2.28. The minimum atomic E-state index is -1.62. The van der Waals surface area contributed by atoms with Crippen LogP contribution in [-0.4, -0.2) is 157 Å². The van der Waals surface area contributed by atoms with E-state index in [0.717, 1.165) is 0 Å². The smallest absolute Gasteiger partial charge is 0.245 e. The van der Waals surface area contributed by atoms with Crippen LogP contribution < -0.4 is 70.8 Å². The van der Waals surface area contributed by atoms with Crippen molar-refractivity contribution < 1.29 is 53.4 Å². The van der Waals surface area contributed by atoms with Crippen LogP contribution in [0.25, 0.3) is 0 Å². The summed E-state index contributed by atoms with van der Waals surface area (Å²) in [5.74, 6) is -7.77. The summed E-state index contributed by atoms with van der Waals surface area (Å²) in [5, 5.41) is 43.4. The first-order chi connectivity index (χ1) is 31.7. The molecule has 67 heavy (non-hydrogen) atoms. The summed E-state index contributed by atoms with van der Waals surface area (Å²) in [4.78, 5) is 124. The number of aliphatic hydroxyl groups excluding tert-OH is 2. The predicted octanol–water partition coefficient (Wildman–Crippen LogP) is -5.78. The van der Waals surface area contributed by atoms with Crippen LogP contribution in [0.1, 0.15) is 78.2 Å². The number of amides is 9. The molecule has 10 atom stereocenters. The van der Waals surface area contributed by atoms with Crippen LogP contribution in [0.2, 0.25) is 0 Å². The van der Waals surface area contributed by atoms with Crippen LogP contribution in [0, 0.1) is 5.92 Å². The molecule has 2 rings (SSSR count). The van der Waals surface area contributed by atoms with Crippen molar-refractivity contribution in [3.63, 3.8) is 0 Å². The first-order valence-corrected chi connectivity index (χ1v) is 22.6. The highest BCUT2D eigenvalue weighted by molar-refractivity contribution is 5.98. The molecule has 1 heterocycles. The third kappa shape index (κ3) is 20.3. The van der Waals surface area contributed by atoms with E-state index in [9.17, 15) is 53.4 Å². The van der Waals surface area contributed by atoms with Gasteiger partial charge >= 0.3 is 0 Å². The first-order valence-electron chi connectivity index (χ1n) is 22.6. The number of aliphatic hydroxyl groups is 2. The fourth-order valence-corrected chi connectivity index (χ4v) is 7.04. The van der Waals surface area contributed by atoms with Gasteiger partial charge < -0.3 is 81.0 Å². The second-order valence-electron chi connectivity index (χ2n) is 17.0. The second-order valence-corrected chi connectivity index (χ2v) is 17.0. The second kappa shape index (κ2) is 29.8. The quantitative estimate of drug-likeness (QED) is 0.0652. The van der Waals surface area contributed by atoms with Gasteiger partial charge in [-0.15, -0.1) is 0 Å². The van der Waals surface area contributed by atoms with Crippen LogP contribution in [-0.2, 0) is 49.6 Å². The average Bonchev–Trinajstić information content (AvgIpc) is 3.25. The molecule has 1 fully saturated rings. The normalized spacial score (nSPS) is 24.6. The molecular weight excluding hydrogens is 875 g/mol. The zero-order valence-electron chi connectivity index (χ0n) is 38.8. The maximum atomic E-state index is 14.2. The standard InChI is InChI=1S/C43H73N13O11/c1-23(2)20-32-41(65)52-28(11-16-45)37(61)51-30(13-18-47)40(64)56-35(25(4)58)43(67)48-19-14-31(53-36(60)27(10-15-44)49-34(59)21-24(3)57)39(63)50-29(12-17-46)38(62)55-33(42(66)54-32)22-26-8-6-5-7-9-26/h5-9,23-25,27-33,35,57-58H,10-22,44-47H2,1-4H3,(H,48,67)(H,49,59)(H,50,63)(H,51,61)(H,52,65)(H,53,60)(H,54,66)(H,55,62)(H,56,64)/t24-,25-,27-,28-,29-,30-,31+,32-,33-,35-/m1/s1. The lowest BCUT2D eigenvalue weighted by Crippen LogP contribution is -2.61. The van der Waals surface area contributed by atoms with Gasteiger partial charge in [0.15, 0.2) is 0 Å². The number of hydrogen-bond donors (Lipinski definition) is 15. The molecule has 0 saturated carbocycles. The number of rotatable bonds is 18. The SMILES string of the molecule is CC(C)C[C@H]1NC(=O)[C@@H](Cc2ccccc2)NC(=O)[C@@H](CCN)NC(=O)[C@@H](NC(=O)[C@@H](CCN)NC(=O)C[C@@H](C)O)CCNC(=O)[C@@H]([C@@H](C)O)NC(=O)[C@@H](CCN)NC(=O)[C@@H](CCN)NC1=O. The largest absolute Gasteiger partial charge is 0.393 e. The summed E-state index contributed by atoms with van der Waals surface area (Å²) in [6.45, 7) is 5.42. The number of hydrogen-bond acceptors (Lipinski definition) is 15. The zero-order valence-corrected chi connectivity index (χ0v) is 38.8. The van der Waals surface area contributed by atoms with E-state index in [0.29, 0.717) is 5.56 Å². The molecule has 0 aromatic heterocycles. The van der Waals surface area contributed by atoms with Crippen molar-refractivity contribution in [1.29, 1.82) is 0 Å². The van der Waals surface area contributed by atoms with Gasteiger partial charge in [0.1, 0.15) is 48.3 Å². The molecule has 0 spiro atoms. The molecule has 1 aliphatic heterocycles. The van der Waals surface area contributed by atoms with Gasteiger partial charge in [0.05, 0.1) is 18.6 Å². The highest BCUT2D eigenvalue weighted by atomic mass is 16.3. The molecule has 0 bridgehead atoms. The van der Waals surface area contributed by atoms with Crippen molar-refractivity contribution in [1.82, 2.24) is 47.9 Å². The van der Waals surface area contributed by atoms with E-state index in [-0.39, 0.29) is 90.0 Å². The Hall–Kier alpha value is -5.79. The van der Waals surface area contributed by atoms with Gasteiger partial charge in [0.2, 0.25) is 53.2 Å². The predicted molar refractivity (Wildman–Crippen MR) is 245 cm³/mol. The van der Waals surface area contributed by atoms with Crippen molar-refractivity contribution in [2.45, 2.75) is 140 Å². The summed E-state index contributed by atoms with van der Waals surface area (Å²) < 4.78 is 0. The molecule has 376 valence electrons. The van der Waals surface area contributed by atoms with E-state index >= 15 is 0 Å². The van der Waals surface area contributed by atoms with Crippen molar-refractivity contribution >= 4 is 53.2 Å². The van der Waals surface area contributed by atoms with Crippen LogP contribution >= 0.6 is 0 Å². The Balaban J connectivity index is 2.73. The average molecular weight is 948 g/mol. The Labute approximate surface area is 390 Å². The Morgan fingerprint density at radius 1 is 0.642 bits per heavy atom. The van der Waals surface area contributed by atoms with Crippen LogP contribution in [0.15, 0.2) is 30.3 Å². The van der Waals surface area contributed by atoms with Crippen molar-refractivity contribution in [3.05, 3.63) is 35.9 Å². The molecule has 0 unspecified atom stereocenters. The van der Waals surface area contributed by atoms with Crippen LogP contribution in [0.4, 0.5) is 0 Å². The number of nitrogens with two attached hydrogens (primary N) is 4. The molecule has 1 aromatic carbocycles. The summed E-state index contributed by atoms with van der Waals surface area (Å²) in [5.41, 5.74) is 23.8. The molecule has 0 radical (unpaired) electrons. The topological polar surface area (TPSA) is 406 Å². The Kier molecular flexibility index (Phi) is 25.5. The fraction of sp³-hybridized carbons (Fsp3) is 0.651. The van der Waals surface area contributed by atoms with E-state index < -0.39 is 114 Å². The summed E-state index contributed by atoms with van der Waals surface area (Å²) in [7, 11) is 0. The van der Waals surface area contributed by atoms with Gasteiger partial charge in [-0.05, 0) is 90.0 Å². The van der Waals surface area contributed by atoms with Crippen molar-refractivity contribution in [2.75, 3.05) is 32.7 Å². The Morgan fingerprint density at radius 3 is 1.61 bits per heavy atom.